The second kappa shape index (κ2) is 22.2. The highest BCUT2D eigenvalue weighted by atomic mass is 19.4. The first-order valence-electron chi connectivity index (χ1n) is 34.6. The van der Waals surface area contributed by atoms with Crippen molar-refractivity contribution in [2.75, 3.05) is 0 Å². The van der Waals surface area contributed by atoms with Crippen molar-refractivity contribution in [1.29, 1.82) is 10.5 Å². The van der Waals surface area contributed by atoms with Crippen LogP contribution in [-0.2, 0) is 6.18 Å². The first-order chi connectivity index (χ1) is 51.1. The summed E-state index contributed by atoms with van der Waals surface area (Å²) in [7, 11) is 0. The van der Waals surface area contributed by atoms with E-state index in [0.717, 1.165) is 165 Å². The van der Waals surface area contributed by atoms with Crippen LogP contribution in [0.3, 0.4) is 0 Å². The third kappa shape index (κ3) is 8.53. The van der Waals surface area contributed by atoms with Crippen LogP contribution in [0.4, 0.5) is 13.2 Å². The lowest BCUT2D eigenvalue weighted by Crippen LogP contribution is -2.08. The first-order valence-corrected chi connectivity index (χ1v) is 34.6. The number of rotatable bonds is 8. The Kier molecular flexibility index (Phi) is 12.5. The largest absolute Gasteiger partial charge is 0.417 e. The molecule has 0 aliphatic carbocycles. The van der Waals surface area contributed by atoms with Gasteiger partial charge >= 0.3 is 6.18 Å². The summed E-state index contributed by atoms with van der Waals surface area (Å²) in [5.74, 6) is 0. The number of hydrogen-bond donors (Lipinski definition) is 0. The Labute approximate surface area is 591 Å². The number of alkyl halides is 3. The van der Waals surface area contributed by atoms with Gasteiger partial charge in [0.15, 0.2) is 0 Å². The van der Waals surface area contributed by atoms with Crippen LogP contribution in [0.2, 0.25) is 0 Å². The molecule has 0 N–H and O–H groups in total. The van der Waals surface area contributed by atoms with E-state index in [-0.39, 0.29) is 11.1 Å². The Morgan fingerprint density at radius 2 is 0.471 bits per heavy atom. The molecule has 21 aromatic rings. The van der Waals surface area contributed by atoms with Crippen molar-refractivity contribution in [2.24, 2.45) is 0 Å². The quantitative estimate of drug-likeness (QED) is 0.152. The third-order valence-electron chi connectivity index (χ3n) is 21.5. The highest BCUT2D eigenvalue weighted by molar-refractivity contribution is 6.17. The molecule has 15 aromatic carbocycles. The van der Waals surface area contributed by atoms with Crippen molar-refractivity contribution in [3.8, 4) is 68.5 Å². The molecule has 0 fully saturated rings. The van der Waals surface area contributed by atoms with Gasteiger partial charge in [-0.05, 0) is 163 Å². The standard InChI is InChI=1S/C93H53F3N8/c94-93(95,96)78-47-56(54-97)33-40-63(78)58-35-42-73(92(49-58)104-89-45-38-61(101-83-29-13-5-21-68(83)69-22-6-14-30-84(69)101)52-76(89)77-53-62(39-46-90(77)104)102-85-31-15-7-23-70(85)71-24-8-16-32-86(71)102)72-41-34-57(55-98)48-91(72)103-87-43-36-59(99-79-25-9-1-17-64(79)65-18-2-10-26-80(65)99)50-74(87)75-51-60(37-44-88(75)103)100-81-27-11-3-19-66(81)67-20-4-12-28-82(67)100/h1-53H. The zero-order chi connectivity index (χ0) is 69.2. The van der Waals surface area contributed by atoms with Gasteiger partial charge in [0.05, 0.1) is 106 Å². The van der Waals surface area contributed by atoms with Gasteiger partial charge in [-0.25, -0.2) is 0 Å². The fraction of sp³-hybridized carbons (Fsp3) is 0.0108. The van der Waals surface area contributed by atoms with Gasteiger partial charge in [-0.15, -0.1) is 0 Å². The molecule has 0 aliphatic rings. The maximum absolute atomic E-state index is 15.8. The molecule has 6 heterocycles. The van der Waals surface area contributed by atoms with E-state index in [4.69, 9.17) is 0 Å². The van der Waals surface area contributed by atoms with Gasteiger partial charge in [-0.2, -0.15) is 23.7 Å². The van der Waals surface area contributed by atoms with Crippen molar-refractivity contribution in [2.45, 2.75) is 6.18 Å². The molecule has 0 bridgehead atoms. The molecule has 11 heteroatoms. The number of benzene rings is 15. The molecule has 8 nitrogen and oxygen atoms in total. The van der Waals surface area contributed by atoms with Gasteiger partial charge in [-0.1, -0.05) is 170 Å². The van der Waals surface area contributed by atoms with Crippen LogP contribution in [0.5, 0.6) is 0 Å². The zero-order valence-corrected chi connectivity index (χ0v) is 55.3. The fourth-order valence-corrected chi connectivity index (χ4v) is 17.1. The smallest absolute Gasteiger partial charge is 0.309 e. The normalized spacial score (nSPS) is 12.2. The van der Waals surface area contributed by atoms with Crippen LogP contribution >= 0.6 is 0 Å². The first kappa shape index (κ1) is 58.8. The predicted molar refractivity (Wildman–Crippen MR) is 418 cm³/mol. The van der Waals surface area contributed by atoms with E-state index in [1.165, 1.54) is 12.1 Å². The maximum Gasteiger partial charge on any atom is 0.417 e. The Morgan fingerprint density at radius 3 is 0.760 bits per heavy atom. The number of hydrogen-bond acceptors (Lipinski definition) is 2. The van der Waals surface area contributed by atoms with Crippen molar-refractivity contribution in [3.05, 3.63) is 338 Å². The van der Waals surface area contributed by atoms with Gasteiger partial charge in [-0.3, -0.25) is 0 Å². The minimum atomic E-state index is -4.82. The van der Waals surface area contributed by atoms with E-state index >= 15 is 13.2 Å². The monoisotopic (exact) mass is 1340 g/mol. The van der Waals surface area contributed by atoms with Crippen LogP contribution < -0.4 is 0 Å². The molecule has 486 valence electrons. The Morgan fingerprint density at radius 1 is 0.221 bits per heavy atom. The average molecular weight is 1340 g/mol. The predicted octanol–water partition coefficient (Wildman–Crippen LogP) is 24.4. The summed E-state index contributed by atoms with van der Waals surface area (Å²) in [6.45, 7) is 0. The molecule has 0 atom stereocenters. The summed E-state index contributed by atoms with van der Waals surface area (Å²) in [6.07, 6.45) is -4.82. The topological polar surface area (TPSA) is 77.2 Å². The lowest BCUT2D eigenvalue weighted by molar-refractivity contribution is -0.137. The zero-order valence-electron chi connectivity index (χ0n) is 55.3. The number of nitrogens with zero attached hydrogens (tertiary/aromatic N) is 8. The average Bonchev–Trinajstić information content (AvgIpc) is 2.02. The number of aromatic nitrogens is 6. The van der Waals surface area contributed by atoms with E-state index in [0.29, 0.717) is 28.1 Å². The molecule has 0 aliphatic heterocycles. The summed E-state index contributed by atoms with van der Waals surface area (Å²) in [6, 6.07) is 114. The van der Waals surface area contributed by atoms with Crippen LogP contribution in [0.25, 0.3) is 187 Å². The lowest BCUT2D eigenvalue weighted by atomic mass is 9.93. The molecular weight excluding hydrogens is 1290 g/mol. The Bertz CT molecular complexity index is 6840. The second-order valence-electron chi connectivity index (χ2n) is 26.9. The molecule has 0 saturated heterocycles. The van der Waals surface area contributed by atoms with E-state index in [2.05, 4.69) is 300 Å². The number of para-hydroxylation sites is 8. The van der Waals surface area contributed by atoms with E-state index < -0.39 is 11.7 Å². The highest BCUT2D eigenvalue weighted by Crippen LogP contribution is 2.48. The molecule has 0 saturated carbocycles. The summed E-state index contributed by atoms with van der Waals surface area (Å²) < 4.78 is 61.0. The molecule has 0 spiro atoms. The summed E-state index contributed by atoms with van der Waals surface area (Å²) in [5, 5.41) is 34.0. The summed E-state index contributed by atoms with van der Waals surface area (Å²) in [4.78, 5) is 0. The van der Waals surface area contributed by atoms with Gasteiger partial charge in [0.1, 0.15) is 0 Å². The molecule has 21 rings (SSSR count). The molecule has 104 heavy (non-hydrogen) atoms. The van der Waals surface area contributed by atoms with Gasteiger partial charge in [0.2, 0.25) is 0 Å². The van der Waals surface area contributed by atoms with E-state index in [1.807, 2.05) is 36.4 Å². The van der Waals surface area contributed by atoms with Crippen LogP contribution in [0.15, 0.2) is 322 Å². The van der Waals surface area contributed by atoms with Crippen LogP contribution in [0.1, 0.15) is 16.7 Å². The highest BCUT2D eigenvalue weighted by Gasteiger charge is 2.35. The van der Waals surface area contributed by atoms with Crippen LogP contribution in [-0.4, -0.2) is 27.4 Å². The number of fused-ring (bicyclic) bond motifs is 18. The Balaban J connectivity index is 0.867. The molecule has 0 unspecified atom stereocenters. The van der Waals surface area contributed by atoms with Gasteiger partial charge < -0.3 is 27.4 Å². The summed E-state index contributed by atoms with van der Waals surface area (Å²) in [5.41, 5.74) is 17.9. The second-order valence-corrected chi connectivity index (χ2v) is 26.9. The van der Waals surface area contributed by atoms with Crippen molar-refractivity contribution < 1.29 is 13.2 Å². The Hall–Kier alpha value is -14.1. The number of halogens is 3. The fourth-order valence-electron chi connectivity index (χ4n) is 17.1. The third-order valence-corrected chi connectivity index (χ3v) is 21.5. The molecule has 0 radical (unpaired) electrons. The summed E-state index contributed by atoms with van der Waals surface area (Å²) >= 11 is 0. The lowest BCUT2D eigenvalue weighted by Gasteiger charge is -2.21. The van der Waals surface area contributed by atoms with Crippen molar-refractivity contribution in [3.63, 3.8) is 0 Å². The van der Waals surface area contributed by atoms with Gasteiger partial charge in [0, 0.05) is 98.5 Å². The van der Waals surface area contributed by atoms with Crippen molar-refractivity contribution >= 4 is 131 Å². The maximum atomic E-state index is 15.8. The van der Waals surface area contributed by atoms with E-state index in [9.17, 15) is 10.5 Å². The van der Waals surface area contributed by atoms with Gasteiger partial charge in [0.25, 0.3) is 0 Å². The molecule has 0 amide bonds. The number of nitriles is 2. The SMILES string of the molecule is N#Cc1ccc(-c2ccc(-c3ccc(C#N)cc3C(F)(F)F)cc2-n2c3ccc(-n4c5ccccc5c5ccccc54)cc3c3cc(-n4c5ccccc5c5ccccc54)ccc32)c(-n2c3ccc(-n4c5ccccc5c5ccccc54)cc3c3cc(-n4c5ccccc5c5ccccc54)ccc32)c1. The molecule has 6 aromatic heterocycles. The van der Waals surface area contributed by atoms with E-state index in [1.54, 1.807) is 6.07 Å². The minimum absolute atomic E-state index is 0.0760. The molecular formula is C93H53F3N8. The van der Waals surface area contributed by atoms with Crippen LogP contribution in [0, 0.1) is 22.7 Å². The van der Waals surface area contributed by atoms with Crippen molar-refractivity contribution in [1.82, 2.24) is 27.4 Å². The minimum Gasteiger partial charge on any atom is -0.309 e.